The summed E-state index contributed by atoms with van der Waals surface area (Å²) < 4.78 is 5.09. The zero-order chi connectivity index (χ0) is 9.52. The lowest BCUT2D eigenvalue weighted by atomic mass is 10.1. The van der Waals surface area contributed by atoms with Crippen molar-refractivity contribution < 1.29 is 4.74 Å². The fourth-order valence-corrected chi connectivity index (χ4v) is 1.72. The molecule has 0 saturated carbocycles. The molecule has 0 N–H and O–H groups in total. The van der Waals surface area contributed by atoms with Gasteiger partial charge >= 0.3 is 0 Å². The van der Waals surface area contributed by atoms with Crippen LogP contribution in [0.25, 0.3) is 10.4 Å². The Bertz CT molecular complexity index is 191. The summed E-state index contributed by atoms with van der Waals surface area (Å²) in [5.74, 6) is 0.663. The summed E-state index contributed by atoms with van der Waals surface area (Å²) in [4.78, 5) is 5.04. The van der Waals surface area contributed by atoms with Gasteiger partial charge < -0.3 is 9.64 Å². The summed E-state index contributed by atoms with van der Waals surface area (Å²) in [6.45, 7) is 4.49. The maximum absolute atomic E-state index is 8.10. The number of hydrogen-bond donors (Lipinski definition) is 0. The first kappa shape index (κ1) is 10.3. The highest BCUT2D eigenvalue weighted by molar-refractivity contribution is 4.75. The van der Waals surface area contributed by atoms with Gasteiger partial charge in [-0.1, -0.05) is 5.11 Å². The highest BCUT2D eigenvalue weighted by Gasteiger charge is 2.21. The van der Waals surface area contributed by atoms with E-state index in [0.29, 0.717) is 12.5 Å². The monoisotopic (exact) mass is 184 g/mol. The highest BCUT2D eigenvalue weighted by atomic mass is 16.5. The first-order valence-corrected chi connectivity index (χ1v) is 4.59. The molecule has 0 aromatic rings. The van der Waals surface area contributed by atoms with Crippen molar-refractivity contribution in [1.29, 1.82) is 0 Å². The van der Waals surface area contributed by atoms with E-state index in [9.17, 15) is 0 Å². The first-order valence-electron chi connectivity index (χ1n) is 4.59. The van der Waals surface area contributed by atoms with Crippen LogP contribution in [0.4, 0.5) is 0 Å². The molecule has 0 aromatic carbocycles. The van der Waals surface area contributed by atoms with Gasteiger partial charge in [0.1, 0.15) is 0 Å². The normalized spacial score (nSPS) is 23.0. The van der Waals surface area contributed by atoms with E-state index in [0.717, 1.165) is 26.2 Å². The lowest BCUT2D eigenvalue weighted by Crippen LogP contribution is -2.24. The smallest absolute Gasteiger partial charge is 0.0503 e. The van der Waals surface area contributed by atoms with Gasteiger partial charge in [-0.25, -0.2) is 0 Å². The summed E-state index contributed by atoms with van der Waals surface area (Å²) in [6.07, 6.45) is 1.20. The lowest BCUT2D eigenvalue weighted by Gasteiger charge is -2.13. The number of azide groups is 1. The van der Waals surface area contributed by atoms with Crippen LogP contribution in [0.1, 0.15) is 6.42 Å². The maximum Gasteiger partial charge on any atom is 0.0503 e. The molecule has 0 radical (unpaired) electrons. The summed E-state index contributed by atoms with van der Waals surface area (Å²) >= 11 is 0. The number of nitrogens with zero attached hydrogens (tertiary/aromatic N) is 4. The topological polar surface area (TPSA) is 61.2 Å². The van der Waals surface area contributed by atoms with Crippen LogP contribution in [0, 0.1) is 5.92 Å². The van der Waals surface area contributed by atoms with Gasteiger partial charge in [0.05, 0.1) is 6.61 Å². The molecule has 0 spiro atoms. The molecule has 0 aromatic heterocycles. The molecule has 1 unspecified atom stereocenters. The highest BCUT2D eigenvalue weighted by Crippen LogP contribution is 2.15. The van der Waals surface area contributed by atoms with Gasteiger partial charge in [0.2, 0.25) is 0 Å². The Kier molecular flexibility index (Phi) is 4.60. The van der Waals surface area contributed by atoms with Crippen molar-refractivity contribution in [1.82, 2.24) is 4.90 Å². The Labute approximate surface area is 78.3 Å². The number of ether oxygens (including phenoxy) is 1. The van der Waals surface area contributed by atoms with E-state index in [1.807, 2.05) is 0 Å². The summed E-state index contributed by atoms with van der Waals surface area (Å²) in [6, 6.07) is 0. The van der Waals surface area contributed by atoms with Crippen LogP contribution in [0.2, 0.25) is 0 Å². The van der Waals surface area contributed by atoms with Crippen molar-refractivity contribution in [3.8, 4) is 0 Å². The molecule has 0 bridgehead atoms. The lowest BCUT2D eigenvalue weighted by molar-refractivity contribution is 0.153. The second-order valence-corrected chi connectivity index (χ2v) is 3.37. The summed E-state index contributed by atoms with van der Waals surface area (Å²) in [5.41, 5.74) is 8.10. The second kappa shape index (κ2) is 5.80. The van der Waals surface area contributed by atoms with Crippen molar-refractivity contribution in [2.24, 2.45) is 11.0 Å². The van der Waals surface area contributed by atoms with Gasteiger partial charge in [0, 0.05) is 31.7 Å². The van der Waals surface area contributed by atoms with Gasteiger partial charge in [-0.05, 0) is 24.4 Å². The molecule has 74 valence electrons. The molecule has 1 heterocycles. The van der Waals surface area contributed by atoms with Crippen LogP contribution in [0.15, 0.2) is 5.11 Å². The minimum absolute atomic E-state index is 0.580. The van der Waals surface area contributed by atoms with E-state index in [1.54, 1.807) is 7.11 Å². The summed E-state index contributed by atoms with van der Waals surface area (Å²) in [5, 5.41) is 3.51. The molecule has 13 heavy (non-hydrogen) atoms. The molecule has 1 aliphatic heterocycles. The average Bonchev–Trinajstić information content (AvgIpc) is 2.54. The van der Waals surface area contributed by atoms with E-state index in [1.165, 1.54) is 6.42 Å². The molecule has 1 rings (SSSR count). The molecular weight excluding hydrogens is 168 g/mol. The van der Waals surface area contributed by atoms with Crippen LogP contribution in [0.5, 0.6) is 0 Å². The predicted molar refractivity (Wildman–Crippen MR) is 50.4 cm³/mol. The summed E-state index contributed by atoms with van der Waals surface area (Å²) in [7, 11) is 1.74. The van der Waals surface area contributed by atoms with Crippen LogP contribution in [-0.4, -0.2) is 44.8 Å². The molecule has 5 heteroatoms. The van der Waals surface area contributed by atoms with Gasteiger partial charge in [-0.3, -0.25) is 0 Å². The Morgan fingerprint density at radius 1 is 1.69 bits per heavy atom. The zero-order valence-corrected chi connectivity index (χ0v) is 8.02. The fraction of sp³-hybridized carbons (Fsp3) is 1.00. The SMILES string of the molecule is COCC1CCN(CCN=[N+]=[N-])C1. The van der Waals surface area contributed by atoms with Gasteiger partial charge in [-0.15, -0.1) is 0 Å². The van der Waals surface area contributed by atoms with E-state index < -0.39 is 0 Å². The third-order valence-electron chi connectivity index (χ3n) is 2.35. The molecule has 1 fully saturated rings. The standard InChI is InChI=1S/C8H16N4O/c1-13-7-8-2-4-12(6-8)5-3-10-11-9/h8H,2-7H2,1H3. The quantitative estimate of drug-likeness (QED) is 0.367. The van der Waals surface area contributed by atoms with E-state index >= 15 is 0 Å². The van der Waals surface area contributed by atoms with Gasteiger partial charge in [-0.2, -0.15) is 0 Å². The zero-order valence-electron chi connectivity index (χ0n) is 8.02. The fourth-order valence-electron chi connectivity index (χ4n) is 1.72. The molecule has 0 amide bonds. The number of methoxy groups -OCH3 is 1. The Hall–Kier alpha value is -0.770. The molecule has 5 nitrogen and oxygen atoms in total. The van der Waals surface area contributed by atoms with Crippen LogP contribution in [-0.2, 0) is 4.74 Å². The number of likely N-dealkylation sites (tertiary alicyclic amines) is 1. The largest absolute Gasteiger partial charge is 0.384 e. The van der Waals surface area contributed by atoms with Gasteiger partial charge in [0.15, 0.2) is 0 Å². The van der Waals surface area contributed by atoms with E-state index in [2.05, 4.69) is 14.9 Å². The molecule has 1 atom stereocenters. The van der Waals surface area contributed by atoms with Crippen LogP contribution >= 0.6 is 0 Å². The third-order valence-corrected chi connectivity index (χ3v) is 2.35. The third kappa shape index (κ3) is 3.63. The predicted octanol–water partition coefficient (Wildman–Crippen LogP) is 1.27. The number of rotatable bonds is 5. The minimum atomic E-state index is 0.580. The Morgan fingerprint density at radius 3 is 3.23 bits per heavy atom. The van der Waals surface area contributed by atoms with Crippen molar-refractivity contribution in [3.63, 3.8) is 0 Å². The van der Waals surface area contributed by atoms with Crippen LogP contribution in [0.3, 0.4) is 0 Å². The molecule has 0 aliphatic carbocycles. The molecule has 1 aliphatic rings. The average molecular weight is 184 g/mol. The van der Waals surface area contributed by atoms with Gasteiger partial charge in [0.25, 0.3) is 0 Å². The van der Waals surface area contributed by atoms with Crippen LogP contribution < -0.4 is 0 Å². The minimum Gasteiger partial charge on any atom is -0.384 e. The Morgan fingerprint density at radius 2 is 2.54 bits per heavy atom. The maximum atomic E-state index is 8.10. The number of hydrogen-bond acceptors (Lipinski definition) is 3. The van der Waals surface area contributed by atoms with Crippen molar-refractivity contribution in [2.45, 2.75) is 6.42 Å². The van der Waals surface area contributed by atoms with Crippen molar-refractivity contribution >= 4 is 0 Å². The Balaban J connectivity index is 2.13. The van der Waals surface area contributed by atoms with Crippen molar-refractivity contribution in [2.75, 3.05) is 39.9 Å². The second-order valence-electron chi connectivity index (χ2n) is 3.37. The van der Waals surface area contributed by atoms with E-state index in [-0.39, 0.29) is 0 Å². The van der Waals surface area contributed by atoms with E-state index in [4.69, 9.17) is 10.3 Å². The molecular formula is C8H16N4O. The van der Waals surface area contributed by atoms with Crippen molar-refractivity contribution in [3.05, 3.63) is 10.4 Å². The first-order chi connectivity index (χ1) is 6.36. The molecule has 1 saturated heterocycles.